The number of aliphatic carboxylic acids is 2. The van der Waals surface area contributed by atoms with E-state index in [0.717, 1.165) is 31.2 Å². The van der Waals surface area contributed by atoms with Crippen LogP contribution in [0.3, 0.4) is 0 Å². The molecular formula is C25H30ClNO8. The minimum absolute atomic E-state index is 0.0712. The Hall–Kier alpha value is -3.14. The van der Waals surface area contributed by atoms with Crippen molar-refractivity contribution in [1.82, 2.24) is 5.32 Å². The summed E-state index contributed by atoms with van der Waals surface area (Å²) in [6.07, 6.45) is 3.38. The molecule has 0 spiro atoms. The number of carbonyl (C=O) groups excluding carboxylic acids is 1. The summed E-state index contributed by atoms with van der Waals surface area (Å²) in [5, 5.41) is 29.4. The van der Waals surface area contributed by atoms with E-state index >= 15 is 0 Å². The zero-order chi connectivity index (χ0) is 25.8. The molecule has 0 fully saturated rings. The molecule has 3 rings (SSSR count). The van der Waals surface area contributed by atoms with Gasteiger partial charge in [0.15, 0.2) is 6.61 Å². The normalized spacial score (nSPS) is 15.5. The van der Waals surface area contributed by atoms with Crippen molar-refractivity contribution >= 4 is 29.5 Å². The second kappa shape index (κ2) is 14.3. The van der Waals surface area contributed by atoms with Crippen molar-refractivity contribution in [3.8, 4) is 5.75 Å². The SMILES string of the molecule is CCOC(=O)COc1ccc2c(c1)CCCC(NC[C@H](O)c1cccc(Cl)c1)C2.O=C(O)C(=O)O. The average molecular weight is 508 g/mol. The summed E-state index contributed by atoms with van der Waals surface area (Å²) in [5.74, 6) is -3.31. The van der Waals surface area contributed by atoms with Crippen molar-refractivity contribution in [2.24, 2.45) is 0 Å². The lowest BCUT2D eigenvalue weighted by atomic mass is 10.0. The van der Waals surface area contributed by atoms with Crippen molar-refractivity contribution in [1.29, 1.82) is 0 Å². The number of fused-ring (bicyclic) bond motifs is 1. The van der Waals surface area contributed by atoms with Gasteiger partial charge in [-0.2, -0.15) is 0 Å². The fourth-order valence-electron chi connectivity index (χ4n) is 3.66. The number of carboxylic acids is 2. The van der Waals surface area contributed by atoms with Crippen LogP contribution < -0.4 is 10.1 Å². The lowest BCUT2D eigenvalue weighted by Crippen LogP contribution is -2.34. The van der Waals surface area contributed by atoms with Gasteiger partial charge in [0.2, 0.25) is 0 Å². The Kier molecular flexibility index (Phi) is 11.5. The first-order valence-electron chi connectivity index (χ1n) is 11.2. The number of carboxylic acid groups (broad SMARTS) is 2. The van der Waals surface area contributed by atoms with Gasteiger partial charge in [-0.3, -0.25) is 0 Å². The summed E-state index contributed by atoms with van der Waals surface area (Å²) in [6, 6.07) is 13.6. The quantitative estimate of drug-likeness (QED) is 0.241. The molecule has 0 amide bonds. The van der Waals surface area contributed by atoms with Gasteiger partial charge in [-0.1, -0.05) is 29.8 Å². The van der Waals surface area contributed by atoms with Crippen molar-refractivity contribution in [3.05, 3.63) is 64.2 Å². The summed E-state index contributed by atoms with van der Waals surface area (Å²) in [7, 11) is 0. The van der Waals surface area contributed by atoms with Gasteiger partial charge in [-0.15, -0.1) is 0 Å². The maximum Gasteiger partial charge on any atom is 0.414 e. The minimum atomic E-state index is -1.82. The molecular weight excluding hydrogens is 478 g/mol. The van der Waals surface area contributed by atoms with Crippen molar-refractivity contribution in [3.63, 3.8) is 0 Å². The molecule has 35 heavy (non-hydrogen) atoms. The molecule has 190 valence electrons. The highest BCUT2D eigenvalue weighted by atomic mass is 35.5. The number of esters is 1. The second-order valence-corrected chi connectivity index (χ2v) is 8.34. The number of hydrogen-bond acceptors (Lipinski definition) is 7. The highest BCUT2D eigenvalue weighted by molar-refractivity contribution is 6.30. The van der Waals surface area contributed by atoms with E-state index in [1.165, 1.54) is 11.1 Å². The van der Waals surface area contributed by atoms with E-state index in [0.29, 0.717) is 30.0 Å². The number of rotatable bonds is 8. The molecule has 2 aromatic rings. The summed E-state index contributed by atoms with van der Waals surface area (Å²) < 4.78 is 10.5. The predicted octanol–water partition coefficient (Wildman–Crippen LogP) is 3.01. The first-order valence-corrected chi connectivity index (χ1v) is 11.6. The zero-order valence-electron chi connectivity index (χ0n) is 19.4. The van der Waals surface area contributed by atoms with Crippen molar-refractivity contribution in [2.45, 2.75) is 44.8 Å². The maximum absolute atomic E-state index is 11.5. The Labute approximate surface area is 208 Å². The first-order chi connectivity index (χ1) is 16.7. The van der Waals surface area contributed by atoms with Crippen LogP contribution in [0, 0.1) is 0 Å². The van der Waals surface area contributed by atoms with Gasteiger partial charge >= 0.3 is 17.9 Å². The summed E-state index contributed by atoms with van der Waals surface area (Å²) in [4.78, 5) is 29.7. The number of nitrogens with one attached hydrogen (secondary N) is 1. The van der Waals surface area contributed by atoms with E-state index < -0.39 is 18.0 Å². The third-order valence-electron chi connectivity index (χ3n) is 5.32. The van der Waals surface area contributed by atoms with Crippen molar-refractivity contribution < 1.29 is 39.2 Å². The largest absolute Gasteiger partial charge is 0.482 e. The summed E-state index contributed by atoms with van der Waals surface area (Å²) >= 11 is 6.02. The van der Waals surface area contributed by atoms with Gasteiger partial charge in [0.05, 0.1) is 12.7 Å². The Morgan fingerprint density at radius 2 is 1.86 bits per heavy atom. The predicted molar refractivity (Wildman–Crippen MR) is 129 cm³/mol. The smallest absolute Gasteiger partial charge is 0.414 e. The van der Waals surface area contributed by atoms with E-state index in [9.17, 15) is 9.90 Å². The molecule has 0 radical (unpaired) electrons. The monoisotopic (exact) mass is 507 g/mol. The molecule has 1 aliphatic carbocycles. The number of benzene rings is 2. The minimum Gasteiger partial charge on any atom is -0.482 e. The molecule has 0 bridgehead atoms. The fourth-order valence-corrected chi connectivity index (χ4v) is 3.86. The molecule has 10 heteroatoms. The van der Waals surface area contributed by atoms with Crippen molar-refractivity contribution in [2.75, 3.05) is 19.8 Å². The molecule has 0 aliphatic heterocycles. The van der Waals surface area contributed by atoms with Crippen LogP contribution in [0.15, 0.2) is 42.5 Å². The van der Waals surface area contributed by atoms with E-state index in [1.54, 1.807) is 19.1 Å². The average Bonchev–Trinajstić information content (AvgIpc) is 3.03. The lowest BCUT2D eigenvalue weighted by Gasteiger charge is -2.20. The molecule has 0 saturated heterocycles. The van der Waals surface area contributed by atoms with E-state index in [1.807, 2.05) is 24.3 Å². The highest BCUT2D eigenvalue weighted by Crippen LogP contribution is 2.26. The molecule has 4 N–H and O–H groups in total. The molecule has 0 aromatic heterocycles. The third kappa shape index (κ3) is 9.94. The number of halogens is 1. The van der Waals surface area contributed by atoms with E-state index in [2.05, 4.69) is 11.4 Å². The number of aliphatic hydroxyl groups excluding tert-OH is 1. The van der Waals surface area contributed by atoms with E-state index in [4.69, 9.17) is 40.9 Å². The number of aliphatic hydroxyl groups is 1. The molecule has 2 atom stereocenters. The Bertz CT molecular complexity index is 1000. The maximum atomic E-state index is 11.5. The van der Waals surface area contributed by atoms with Crippen LogP contribution in [0.2, 0.25) is 5.02 Å². The molecule has 1 unspecified atom stereocenters. The van der Waals surface area contributed by atoms with Gasteiger partial charge in [0, 0.05) is 17.6 Å². The van der Waals surface area contributed by atoms with Gasteiger partial charge in [-0.25, -0.2) is 14.4 Å². The number of hydrogen-bond donors (Lipinski definition) is 4. The molecule has 2 aromatic carbocycles. The molecule has 0 heterocycles. The first kappa shape index (κ1) is 28.1. The van der Waals surface area contributed by atoms with Gasteiger partial charge in [0.25, 0.3) is 0 Å². The van der Waals surface area contributed by atoms with Gasteiger partial charge in [0.1, 0.15) is 5.75 Å². The Morgan fingerprint density at radius 3 is 2.51 bits per heavy atom. The van der Waals surface area contributed by atoms with Crippen LogP contribution in [0.4, 0.5) is 0 Å². The number of ether oxygens (including phenoxy) is 2. The molecule has 1 aliphatic rings. The molecule has 9 nitrogen and oxygen atoms in total. The van der Waals surface area contributed by atoms with E-state index in [-0.39, 0.29) is 12.6 Å². The topological polar surface area (TPSA) is 142 Å². The van der Waals surface area contributed by atoms with Crippen LogP contribution in [-0.4, -0.2) is 59.0 Å². The van der Waals surface area contributed by atoms with Gasteiger partial charge < -0.3 is 30.1 Å². The number of carbonyl (C=O) groups is 3. The number of aryl methyl sites for hydroxylation is 1. The van der Waals surface area contributed by atoms with Crippen LogP contribution in [-0.2, 0) is 32.0 Å². The van der Waals surface area contributed by atoms with Crippen LogP contribution >= 0.6 is 11.6 Å². The fraction of sp³-hybridized carbons (Fsp3) is 0.400. The zero-order valence-corrected chi connectivity index (χ0v) is 20.2. The van der Waals surface area contributed by atoms with Crippen LogP contribution in [0.25, 0.3) is 0 Å². The second-order valence-electron chi connectivity index (χ2n) is 7.91. The Balaban J connectivity index is 0.000000641. The highest BCUT2D eigenvalue weighted by Gasteiger charge is 2.19. The standard InChI is InChI=1S/C23H28ClNO4.C2H2O4/c1-2-28-23(27)15-29-21-10-9-17-12-20(8-4-5-16(17)13-21)25-14-22(26)18-6-3-7-19(24)11-18;3-1(4)2(5)6/h3,6-7,9-11,13,20,22,25-26H,2,4-5,8,12,14-15H2,1H3;(H,3,4)(H,5,6)/t20?,22-;/m0./s1. The molecule has 0 saturated carbocycles. The van der Waals surface area contributed by atoms with Crippen LogP contribution in [0.1, 0.15) is 42.6 Å². The lowest BCUT2D eigenvalue weighted by molar-refractivity contribution is -0.159. The Morgan fingerprint density at radius 1 is 1.11 bits per heavy atom. The van der Waals surface area contributed by atoms with Crippen LogP contribution in [0.5, 0.6) is 5.75 Å². The van der Waals surface area contributed by atoms with Gasteiger partial charge in [-0.05, 0) is 73.6 Å². The third-order valence-corrected chi connectivity index (χ3v) is 5.56. The summed E-state index contributed by atoms with van der Waals surface area (Å²) in [5.41, 5.74) is 3.36. The summed E-state index contributed by atoms with van der Waals surface area (Å²) in [6.45, 7) is 2.55.